The molecule has 0 saturated heterocycles. The summed E-state index contributed by atoms with van der Waals surface area (Å²) in [6, 6.07) is 1.82. The van der Waals surface area contributed by atoms with Gasteiger partial charge in [-0.05, 0) is 12.3 Å². The standard InChI is InChI=1S/C12H21N5/c13-17-12-8-11(15-9-16-12)14-7-6-10-4-2-1-3-5-10/h8-10H,1-7,13H2,(H2,14,15,16,17). The quantitative estimate of drug-likeness (QED) is 0.538. The Bertz CT molecular complexity index is 335. The van der Waals surface area contributed by atoms with Crippen molar-refractivity contribution in [1.29, 1.82) is 0 Å². The molecular weight excluding hydrogens is 214 g/mol. The van der Waals surface area contributed by atoms with E-state index in [1.165, 1.54) is 44.9 Å². The number of nitrogen functional groups attached to an aromatic ring is 1. The zero-order valence-electron chi connectivity index (χ0n) is 10.2. The van der Waals surface area contributed by atoms with Gasteiger partial charge in [0.15, 0.2) is 0 Å². The largest absolute Gasteiger partial charge is 0.370 e. The molecule has 1 aromatic heterocycles. The Morgan fingerprint density at radius 1 is 1.18 bits per heavy atom. The molecule has 5 nitrogen and oxygen atoms in total. The first kappa shape index (κ1) is 12.1. The average Bonchev–Trinajstić information content (AvgIpc) is 2.40. The van der Waals surface area contributed by atoms with E-state index in [0.29, 0.717) is 5.82 Å². The number of rotatable bonds is 5. The van der Waals surface area contributed by atoms with Crippen molar-refractivity contribution < 1.29 is 0 Å². The normalized spacial score (nSPS) is 16.8. The maximum absolute atomic E-state index is 5.30. The number of aromatic nitrogens is 2. The van der Waals surface area contributed by atoms with Crippen LogP contribution in [0.1, 0.15) is 38.5 Å². The monoisotopic (exact) mass is 235 g/mol. The molecule has 1 aromatic rings. The SMILES string of the molecule is NNc1cc(NCCC2CCCCC2)ncn1. The highest BCUT2D eigenvalue weighted by Gasteiger charge is 2.12. The Balaban J connectivity index is 1.73. The lowest BCUT2D eigenvalue weighted by atomic mass is 9.87. The van der Waals surface area contributed by atoms with Gasteiger partial charge in [0.05, 0.1) is 0 Å². The number of anilines is 2. The molecule has 0 atom stereocenters. The van der Waals surface area contributed by atoms with Crippen LogP contribution < -0.4 is 16.6 Å². The summed E-state index contributed by atoms with van der Waals surface area (Å²) in [7, 11) is 0. The molecule has 0 aliphatic heterocycles. The third-order valence-corrected chi connectivity index (χ3v) is 3.40. The van der Waals surface area contributed by atoms with Gasteiger partial charge in [0, 0.05) is 12.6 Å². The average molecular weight is 235 g/mol. The van der Waals surface area contributed by atoms with E-state index in [1.54, 1.807) is 0 Å². The molecule has 17 heavy (non-hydrogen) atoms. The number of nitrogens with one attached hydrogen (secondary N) is 2. The van der Waals surface area contributed by atoms with Crippen molar-refractivity contribution >= 4 is 11.6 Å². The lowest BCUT2D eigenvalue weighted by molar-refractivity contribution is 0.345. The number of nitrogens with zero attached hydrogens (tertiary/aromatic N) is 2. The van der Waals surface area contributed by atoms with Crippen LogP contribution in [0.15, 0.2) is 12.4 Å². The molecule has 0 bridgehead atoms. The number of hydrazine groups is 1. The molecule has 0 amide bonds. The van der Waals surface area contributed by atoms with Crippen molar-refractivity contribution in [2.75, 3.05) is 17.3 Å². The van der Waals surface area contributed by atoms with E-state index in [4.69, 9.17) is 5.84 Å². The van der Waals surface area contributed by atoms with Crippen LogP contribution in [-0.4, -0.2) is 16.5 Å². The van der Waals surface area contributed by atoms with Crippen LogP contribution in [0, 0.1) is 5.92 Å². The van der Waals surface area contributed by atoms with Crippen LogP contribution >= 0.6 is 0 Å². The zero-order valence-corrected chi connectivity index (χ0v) is 10.2. The van der Waals surface area contributed by atoms with E-state index in [1.807, 2.05) is 6.07 Å². The topological polar surface area (TPSA) is 75.9 Å². The highest BCUT2D eigenvalue weighted by Crippen LogP contribution is 2.26. The highest BCUT2D eigenvalue weighted by molar-refractivity contribution is 5.45. The minimum absolute atomic E-state index is 0.639. The summed E-state index contributed by atoms with van der Waals surface area (Å²) in [5, 5.41) is 3.32. The molecule has 0 spiro atoms. The fourth-order valence-corrected chi connectivity index (χ4v) is 2.41. The van der Waals surface area contributed by atoms with Crippen molar-refractivity contribution in [2.45, 2.75) is 38.5 Å². The van der Waals surface area contributed by atoms with Crippen LogP contribution in [0.5, 0.6) is 0 Å². The summed E-state index contributed by atoms with van der Waals surface area (Å²) in [6.45, 7) is 0.978. The number of hydrogen-bond acceptors (Lipinski definition) is 5. The third kappa shape index (κ3) is 3.85. The van der Waals surface area contributed by atoms with Crippen LogP contribution in [-0.2, 0) is 0 Å². The van der Waals surface area contributed by atoms with E-state index in [2.05, 4.69) is 20.7 Å². The summed E-state index contributed by atoms with van der Waals surface area (Å²) in [5.74, 6) is 7.67. The molecule has 0 radical (unpaired) electrons. The molecule has 1 heterocycles. The second-order valence-corrected chi connectivity index (χ2v) is 4.65. The predicted octanol–water partition coefficient (Wildman–Crippen LogP) is 2.14. The van der Waals surface area contributed by atoms with Crippen molar-refractivity contribution in [1.82, 2.24) is 9.97 Å². The third-order valence-electron chi connectivity index (χ3n) is 3.40. The maximum atomic E-state index is 5.30. The summed E-state index contributed by atoms with van der Waals surface area (Å²) in [4.78, 5) is 8.12. The molecule has 94 valence electrons. The minimum Gasteiger partial charge on any atom is -0.370 e. The summed E-state index contributed by atoms with van der Waals surface area (Å²) < 4.78 is 0. The van der Waals surface area contributed by atoms with Gasteiger partial charge in [-0.25, -0.2) is 15.8 Å². The molecule has 1 aliphatic carbocycles. The van der Waals surface area contributed by atoms with Crippen molar-refractivity contribution in [3.8, 4) is 0 Å². The van der Waals surface area contributed by atoms with Crippen LogP contribution in [0.25, 0.3) is 0 Å². The lowest BCUT2D eigenvalue weighted by Crippen LogP contribution is -2.13. The first-order valence-corrected chi connectivity index (χ1v) is 6.41. The Hall–Kier alpha value is -1.36. The van der Waals surface area contributed by atoms with Gasteiger partial charge >= 0.3 is 0 Å². The second kappa shape index (κ2) is 6.39. The van der Waals surface area contributed by atoms with Gasteiger partial charge in [-0.15, -0.1) is 0 Å². The van der Waals surface area contributed by atoms with Gasteiger partial charge in [-0.1, -0.05) is 32.1 Å². The Morgan fingerprint density at radius 3 is 2.71 bits per heavy atom. The highest BCUT2D eigenvalue weighted by atomic mass is 15.3. The molecule has 0 aromatic carbocycles. The van der Waals surface area contributed by atoms with Crippen LogP contribution in [0.3, 0.4) is 0 Å². The van der Waals surface area contributed by atoms with E-state index < -0.39 is 0 Å². The van der Waals surface area contributed by atoms with Gasteiger partial charge in [0.1, 0.15) is 18.0 Å². The van der Waals surface area contributed by atoms with Crippen molar-refractivity contribution in [3.05, 3.63) is 12.4 Å². The fraction of sp³-hybridized carbons (Fsp3) is 0.667. The van der Waals surface area contributed by atoms with Crippen LogP contribution in [0.2, 0.25) is 0 Å². The van der Waals surface area contributed by atoms with Gasteiger partial charge in [0.2, 0.25) is 0 Å². The maximum Gasteiger partial charge on any atom is 0.145 e. The molecule has 2 rings (SSSR count). The van der Waals surface area contributed by atoms with Crippen molar-refractivity contribution in [3.63, 3.8) is 0 Å². The van der Waals surface area contributed by atoms with Gasteiger partial charge < -0.3 is 10.7 Å². The Kier molecular flexibility index (Phi) is 4.55. The molecule has 0 unspecified atom stereocenters. The smallest absolute Gasteiger partial charge is 0.145 e. The van der Waals surface area contributed by atoms with E-state index in [0.717, 1.165) is 18.3 Å². The molecule has 1 saturated carbocycles. The van der Waals surface area contributed by atoms with E-state index in [9.17, 15) is 0 Å². The van der Waals surface area contributed by atoms with E-state index >= 15 is 0 Å². The summed E-state index contributed by atoms with van der Waals surface area (Å²) >= 11 is 0. The number of nitrogens with two attached hydrogens (primary N) is 1. The van der Waals surface area contributed by atoms with Gasteiger partial charge in [-0.2, -0.15) is 0 Å². The van der Waals surface area contributed by atoms with Gasteiger partial charge in [-0.3, -0.25) is 0 Å². The Labute approximate surface area is 102 Å². The van der Waals surface area contributed by atoms with Gasteiger partial charge in [0.25, 0.3) is 0 Å². The first-order valence-electron chi connectivity index (χ1n) is 6.41. The first-order chi connectivity index (χ1) is 8.38. The second-order valence-electron chi connectivity index (χ2n) is 4.65. The predicted molar refractivity (Wildman–Crippen MR) is 69.5 cm³/mol. The molecule has 4 N–H and O–H groups in total. The molecule has 5 heteroatoms. The zero-order chi connectivity index (χ0) is 11.9. The molecule has 1 fully saturated rings. The molecule has 1 aliphatic rings. The molecular formula is C12H21N5. The fourth-order valence-electron chi connectivity index (χ4n) is 2.41. The lowest BCUT2D eigenvalue weighted by Gasteiger charge is -2.21. The number of hydrogen-bond donors (Lipinski definition) is 3. The minimum atomic E-state index is 0.639. The van der Waals surface area contributed by atoms with E-state index in [-0.39, 0.29) is 0 Å². The van der Waals surface area contributed by atoms with Crippen LogP contribution in [0.4, 0.5) is 11.6 Å². The Morgan fingerprint density at radius 2 is 1.94 bits per heavy atom. The van der Waals surface area contributed by atoms with Crippen molar-refractivity contribution in [2.24, 2.45) is 11.8 Å². The summed E-state index contributed by atoms with van der Waals surface area (Å²) in [5.41, 5.74) is 2.52. The summed E-state index contributed by atoms with van der Waals surface area (Å²) in [6.07, 6.45) is 9.75.